The van der Waals surface area contributed by atoms with E-state index in [1.807, 2.05) is 0 Å². The summed E-state index contributed by atoms with van der Waals surface area (Å²) in [5, 5.41) is 8.89. The maximum absolute atomic E-state index is 12.0. The van der Waals surface area contributed by atoms with Gasteiger partial charge in [-0.25, -0.2) is 18.1 Å². The van der Waals surface area contributed by atoms with E-state index in [1.54, 1.807) is 0 Å². The fourth-order valence-corrected chi connectivity index (χ4v) is 3.36. The number of pyridine rings is 1. The van der Waals surface area contributed by atoms with Crippen molar-refractivity contribution < 1.29 is 18.3 Å². The first-order valence-corrected chi connectivity index (χ1v) is 7.49. The predicted octanol–water partition coefficient (Wildman–Crippen LogP) is 0.783. The Morgan fingerprint density at radius 2 is 2.33 bits per heavy atom. The molecule has 18 heavy (non-hydrogen) atoms. The van der Waals surface area contributed by atoms with Gasteiger partial charge in [-0.15, -0.1) is 0 Å². The molecule has 1 aromatic heterocycles. The Labute approximate surface area is 119 Å². The normalized spacial score (nSPS) is 13.6. The van der Waals surface area contributed by atoms with Crippen LogP contribution in [0, 0.1) is 0 Å². The van der Waals surface area contributed by atoms with Crippen molar-refractivity contribution >= 4 is 37.6 Å². The van der Waals surface area contributed by atoms with Gasteiger partial charge in [-0.3, -0.25) is 0 Å². The average Bonchev–Trinajstić information content (AvgIpc) is 2.31. The van der Waals surface area contributed by atoms with Crippen LogP contribution in [0.15, 0.2) is 21.6 Å². The highest BCUT2D eigenvalue weighted by molar-refractivity contribution is 9.10. The number of nitrogens with one attached hydrogen (secondary N) is 1. The van der Waals surface area contributed by atoms with Crippen molar-refractivity contribution in [2.75, 3.05) is 20.3 Å². The number of halogens is 2. The van der Waals surface area contributed by atoms with Gasteiger partial charge in [-0.05, 0) is 22.0 Å². The first-order valence-electron chi connectivity index (χ1n) is 4.84. The molecule has 0 amide bonds. The van der Waals surface area contributed by atoms with E-state index < -0.39 is 16.1 Å². The van der Waals surface area contributed by atoms with Crippen molar-refractivity contribution in [3.05, 3.63) is 21.9 Å². The Hall–Kier alpha value is -0.250. The van der Waals surface area contributed by atoms with Crippen LogP contribution < -0.4 is 4.72 Å². The van der Waals surface area contributed by atoms with E-state index >= 15 is 0 Å². The van der Waals surface area contributed by atoms with Gasteiger partial charge in [-0.1, -0.05) is 11.6 Å². The lowest BCUT2D eigenvalue weighted by atomic mass is 10.4. The van der Waals surface area contributed by atoms with Crippen LogP contribution in [0.5, 0.6) is 0 Å². The number of methoxy groups -OCH3 is 1. The first-order chi connectivity index (χ1) is 8.40. The number of hydrogen-bond acceptors (Lipinski definition) is 5. The second-order valence-corrected chi connectivity index (χ2v) is 6.35. The number of aliphatic hydroxyl groups is 1. The second-order valence-electron chi connectivity index (χ2n) is 3.40. The summed E-state index contributed by atoms with van der Waals surface area (Å²) in [5.41, 5.74) is 0. The number of rotatable bonds is 6. The largest absolute Gasteiger partial charge is 0.395 e. The van der Waals surface area contributed by atoms with E-state index in [9.17, 15) is 8.42 Å². The van der Waals surface area contributed by atoms with Crippen LogP contribution in [0.25, 0.3) is 0 Å². The van der Waals surface area contributed by atoms with Gasteiger partial charge in [-0.2, -0.15) is 0 Å². The van der Waals surface area contributed by atoms with Crippen molar-refractivity contribution in [1.82, 2.24) is 9.71 Å². The third-order valence-electron chi connectivity index (χ3n) is 1.97. The number of aliphatic hydroxyl groups excluding tert-OH is 1. The van der Waals surface area contributed by atoms with Gasteiger partial charge in [0, 0.05) is 17.8 Å². The van der Waals surface area contributed by atoms with Crippen LogP contribution in [-0.2, 0) is 14.8 Å². The monoisotopic (exact) mass is 358 g/mol. The molecule has 1 unspecified atom stereocenters. The fraction of sp³-hybridized carbons (Fsp3) is 0.444. The van der Waals surface area contributed by atoms with E-state index in [4.69, 9.17) is 21.4 Å². The highest BCUT2D eigenvalue weighted by Crippen LogP contribution is 2.22. The highest BCUT2D eigenvalue weighted by atomic mass is 79.9. The summed E-state index contributed by atoms with van der Waals surface area (Å²) in [4.78, 5) is 3.57. The molecule has 6 nitrogen and oxygen atoms in total. The van der Waals surface area contributed by atoms with Crippen molar-refractivity contribution in [1.29, 1.82) is 0 Å². The molecule has 0 saturated heterocycles. The molecule has 1 atom stereocenters. The number of ether oxygens (including phenoxy) is 1. The third-order valence-corrected chi connectivity index (χ3v) is 4.35. The Balaban J connectivity index is 3.02. The summed E-state index contributed by atoms with van der Waals surface area (Å²) < 4.78 is 31.6. The highest BCUT2D eigenvalue weighted by Gasteiger charge is 2.23. The Morgan fingerprint density at radius 1 is 1.67 bits per heavy atom. The minimum Gasteiger partial charge on any atom is -0.395 e. The number of nitrogens with zero attached hydrogens (tertiary/aromatic N) is 1. The number of hydrogen-bond donors (Lipinski definition) is 2. The van der Waals surface area contributed by atoms with Crippen LogP contribution in [0.1, 0.15) is 0 Å². The van der Waals surface area contributed by atoms with Crippen molar-refractivity contribution in [3.8, 4) is 0 Å². The predicted molar refractivity (Wildman–Crippen MR) is 70.0 cm³/mol. The zero-order valence-corrected chi connectivity index (χ0v) is 12.6. The molecule has 0 aliphatic heterocycles. The molecule has 0 bridgehead atoms. The molecular formula is C9H12BrClN2O4S. The van der Waals surface area contributed by atoms with Crippen LogP contribution >= 0.6 is 27.5 Å². The zero-order valence-electron chi connectivity index (χ0n) is 9.43. The van der Waals surface area contributed by atoms with E-state index in [2.05, 4.69) is 25.6 Å². The van der Waals surface area contributed by atoms with Gasteiger partial charge < -0.3 is 9.84 Å². The minimum atomic E-state index is -3.86. The lowest BCUT2D eigenvalue weighted by molar-refractivity contribution is 0.139. The van der Waals surface area contributed by atoms with Crippen molar-refractivity contribution in [2.45, 2.75) is 10.9 Å². The van der Waals surface area contributed by atoms with Crippen LogP contribution in [-0.4, -0.2) is 44.9 Å². The summed E-state index contributed by atoms with van der Waals surface area (Å²) in [6, 6.07) is 0.592. The topological polar surface area (TPSA) is 88.5 Å². The lowest BCUT2D eigenvalue weighted by Crippen LogP contribution is -2.40. The Morgan fingerprint density at radius 3 is 2.89 bits per heavy atom. The van der Waals surface area contributed by atoms with Gasteiger partial charge in [0.2, 0.25) is 10.0 Å². The maximum Gasteiger partial charge on any atom is 0.244 e. The smallest absolute Gasteiger partial charge is 0.244 e. The van der Waals surface area contributed by atoms with E-state index in [-0.39, 0.29) is 23.3 Å². The molecule has 102 valence electrons. The maximum atomic E-state index is 12.0. The van der Waals surface area contributed by atoms with E-state index in [0.717, 1.165) is 0 Å². The van der Waals surface area contributed by atoms with Crippen LogP contribution in [0.2, 0.25) is 5.15 Å². The van der Waals surface area contributed by atoms with Gasteiger partial charge in [0.15, 0.2) is 0 Å². The summed E-state index contributed by atoms with van der Waals surface area (Å²) >= 11 is 8.85. The molecule has 0 aliphatic carbocycles. The molecule has 0 spiro atoms. The SMILES string of the molecule is COCC(CO)NS(=O)(=O)c1cc(Br)cnc1Cl. The quantitative estimate of drug-likeness (QED) is 0.733. The van der Waals surface area contributed by atoms with Crippen molar-refractivity contribution in [2.24, 2.45) is 0 Å². The molecule has 1 rings (SSSR count). The van der Waals surface area contributed by atoms with Gasteiger partial charge >= 0.3 is 0 Å². The molecule has 0 fully saturated rings. The summed E-state index contributed by atoms with van der Waals surface area (Å²) in [6.07, 6.45) is 1.39. The van der Waals surface area contributed by atoms with Gasteiger partial charge in [0.25, 0.3) is 0 Å². The van der Waals surface area contributed by atoms with Crippen LogP contribution in [0.4, 0.5) is 0 Å². The standard InChI is InChI=1S/C9H12BrClN2O4S/c1-17-5-7(4-14)13-18(15,16)8-2-6(10)3-12-9(8)11/h2-3,7,13-14H,4-5H2,1H3. The summed E-state index contributed by atoms with van der Waals surface area (Å²) in [5.74, 6) is 0. The summed E-state index contributed by atoms with van der Waals surface area (Å²) in [6.45, 7) is -0.332. The average molecular weight is 360 g/mol. The molecule has 0 aliphatic rings. The van der Waals surface area contributed by atoms with Crippen molar-refractivity contribution in [3.63, 3.8) is 0 Å². The number of aromatic nitrogens is 1. The van der Waals surface area contributed by atoms with Crippen LogP contribution in [0.3, 0.4) is 0 Å². The molecular weight excluding hydrogens is 348 g/mol. The first kappa shape index (κ1) is 15.8. The molecule has 2 N–H and O–H groups in total. The van der Waals surface area contributed by atoms with Gasteiger partial charge in [0.1, 0.15) is 10.0 Å². The van der Waals surface area contributed by atoms with Gasteiger partial charge in [0.05, 0.1) is 19.3 Å². The fourth-order valence-electron chi connectivity index (χ4n) is 1.20. The third kappa shape index (κ3) is 4.15. The zero-order chi connectivity index (χ0) is 13.8. The summed E-state index contributed by atoms with van der Waals surface area (Å²) in [7, 11) is -2.45. The van der Waals surface area contributed by atoms with E-state index in [1.165, 1.54) is 19.4 Å². The molecule has 9 heteroatoms. The molecule has 0 radical (unpaired) electrons. The lowest BCUT2D eigenvalue weighted by Gasteiger charge is -2.15. The Bertz CT molecular complexity index is 511. The molecule has 0 aromatic carbocycles. The molecule has 0 saturated carbocycles. The minimum absolute atomic E-state index is 0.0504. The van der Waals surface area contributed by atoms with E-state index in [0.29, 0.717) is 4.47 Å². The Kier molecular flexibility index (Phi) is 5.96. The second kappa shape index (κ2) is 6.78. The number of sulfonamides is 1. The molecule has 1 heterocycles. The molecule has 1 aromatic rings.